The Morgan fingerprint density at radius 3 is 2.35 bits per heavy atom. The fourth-order valence-corrected chi connectivity index (χ4v) is 6.65. The van der Waals surface area contributed by atoms with Gasteiger partial charge in [0, 0.05) is 17.9 Å². The lowest BCUT2D eigenvalue weighted by Gasteiger charge is -2.32. The van der Waals surface area contributed by atoms with Gasteiger partial charge in [0.05, 0.1) is 6.42 Å². The highest BCUT2D eigenvalue weighted by Crippen LogP contribution is 2.40. The quantitative estimate of drug-likeness (QED) is 0.259. The van der Waals surface area contributed by atoms with Gasteiger partial charge in [0.25, 0.3) is 0 Å². The number of hydrogen-bond acceptors (Lipinski definition) is 3. The predicted molar refractivity (Wildman–Crippen MR) is 153 cm³/mol. The highest BCUT2D eigenvalue weighted by molar-refractivity contribution is 6.02. The Balaban J connectivity index is 1.96. The number of ketones is 3. The van der Waals surface area contributed by atoms with E-state index in [9.17, 15) is 14.4 Å². The minimum Gasteiger partial charge on any atom is -0.300 e. The first-order chi connectivity index (χ1) is 17.7. The van der Waals surface area contributed by atoms with Crippen LogP contribution in [0.1, 0.15) is 112 Å². The second-order valence-electron chi connectivity index (χ2n) is 11.2. The Morgan fingerprint density at radius 1 is 0.973 bits per heavy atom. The lowest BCUT2D eigenvalue weighted by atomic mass is 9.71. The Hall–Kier alpha value is -2.55. The smallest absolute Gasteiger partial charge is 0.163 e. The fraction of sp³-hybridized carbons (Fsp3) is 0.559. The van der Waals surface area contributed by atoms with Crippen LogP contribution in [-0.2, 0) is 28.9 Å². The van der Waals surface area contributed by atoms with Crippen LogP contribution in [0.5, 0.6) is 0 Å². The average Bonchev–Trinajstić information content (AvgIpc) is 2.84. The molecule has 37 heavy (non-hydrogen) atoms. The van der Waals surface area contributed by atoms with Gasteiger partial charge in [0.2, 0.25) is 0 Å². The molecule has 3 unspecified atom stereocenters. The largest absolute Gasteiger partial charge is 0.300 e. The Kier molecular flexibility index (Phi) is 10.4. The molecule has 1 aliphatic carbocycles. The SMILES string of the molecule is CCCc1ccc(-c2ccc(C)c3c2CC(CC(CCC)C(CC)C(=O)CC(C)=O)CC3=O)cc1CC. The molecule has 0 aromatic heterocycles. The molecule has 2 aromatic carbocycles. The first-order valence-electron chi connectivity index (χ1n) is 14.5. The molecule has 0 spiro atoms. The molecule has 0 N–H and O–H groups in total. The fourth-order valence-electron chi connectivity index (χ4n) is 6.65. The van der Waals surface area contributed by atoms with E-state index in [1.165, 1.54) is 34.7 Å². The summed E-state index contributed by atoms with van der Waals surface area (Å²) in [5.41, 5.74) is 8.37. The zero-order valence-corrected chi connectivity index (χ0v) is 23.9. The van der Waals surface area contributed by atoms with Gasteiger partial charge in [-0.15, -0.1) is 0 Å². The van der Waals surface area contributed by atoms with Crippen LogP contribution in [0.15, 0.2) is 30.3 Å². The molecule has 0 saturated heterocycles. The van der Waals surface area contributed by atoms with Crippen LogP contribution >= 0.6 is 0 Å². The summed E-state index contributed by atoms with van der Waals surface area (Å²) in [5.74, 6) is 0.595. The molecule has 0 amide bonds. The summed E-state index contributed by atoms with van der Waals surface area (Å²) in [6.07, 6.45) is 8.25. The van der Waals surface area contributed by atoms with Crippen molar-refractivity contribution in [1.29, 1.82) is 0 Å². The van der Waals surface area contributed by atoms with Crippen LogP contribution in [0.2, 0.25) is 0 Å². The van der Waals surface area contributed by atoms with Crippen molar-refractivity contribution in [1.82, 2.24) is 0 Å². The summed E-state index contributed by atoms with van der Waals surface area (Å²) in [5, 5.41) is 0. The number of Topliss-reactive ketones (excluding diaryl/α,β-unsaturated/α-hetero) is 3. The third-order valence-electron chi connectivity index (χ3n) is 8.33. The molecule has 2 aromatic rings. The molecular weight excluding hydrogens is 456 g/mol. The zero-order chi connectivity index (χ0) is 27.1. The first kappa shape index (κ1) is 29.0. The van der Waals surface area contributed by atoms with Crippen molar-refractivity contribution in [2.45, 2.75) is 106 Å². The number of aryl methyl sites for hydroxylation is 3. The minimum atomic E-state index is -0.101. The molecule has 3 heteroatoms. The standard InChI is InChI=1S/C34H46O3/c1-7-11-26-14-15-28(21-25(26)9-3)30-16-13-22(5)34-31(30)19-24(20-33(34)37)18-27(12-8-2)29(10-4)32(36)17-23(6)35/h13-16,21,24,27,29H,7-12,17-20H2,1-6H3. The number of fused-ring (bicyclic) bond motifs is 1. The summed E-state index contributed by atoms with van der Waals surface area (Å²) < 4.78 is 0. The van der Waals surface area contributed by atoms with E-state index in [0.717, 1.165) is 62.5 Å². The maximum atomic E-state index is 13.5. The van der Waals surface area contributed by atoms with Crippen molar-refractivity contribution in [2.75, 3.05) is 0 Å². The van der Waals surface area contributed by atoms with Crippen molar-refractivity contribution < 1.29 is 14.4 Å². The summed E-state index contributed by atoms with van der Waals surface area (Å²) in [4.78, 5) is 38.1. The van der Waals surface area contributed by atoms with Crippen molar-refractivity contribution >= 4 is 17.3 Å². The van der Waals surface area contributed by atoms with Gasteiger partial charge in [-0.1, -0.05) is 77.3 Å². The molecule has 3 nitrogen and oxygen atoms in total. The molecule has 0 bridgehead atoms. The molecule has 0 aliphatic heterocycles. The number of carbonyl (C=O) groups is 3. The van der Waals surface area contributed by atoms with E-state index in [0.29, 0.717) is 6.42 Å². The van der Waals surface area contributed by atoms with Crippen LogP contribution in [0.3, 0.4) is 0 Å². The van der Waals surface area contributed by atoms with Gasteiger partial charge < -0.3 is 0 Å². The van der Waals surface area contributed by atoms with Crippen molar-refractivity contribution in [3.05, 3.63) is 58.1 Å². The third-order valence-corrected chi connectivity index (χ3v) is 8.33. The second kappa shape index (κ2) is 13.3. The van der Waals surface area contributed by atoms with E-state index in [2.05, 4.69) is 65.0 Å². The molecular formula is C34H46O3. The first-order valence-corrected chi connectivity index (χ1v) is 14.5. The lowest BCUT2D eigenvalue weighted by molar-refractivity contribution is -0.129. The molecule has 200 valence electrons. The van der Waals surface area contributed by atoms with Crippen LogP contribution in [0.25, 0.3) is 11.1 Å². The molecule has 0 fully saturated rings. The predicted octanol–water partition coefficient (Wildman–Crippen LogP) is 8.30. The van der Waals surface area contributed by atoms with Gasteiger partial charge in [-0.25, -0.2) is 0 Å². The van der Waals surface area contributed by atoms with Gasteiger partial charge in [-0.3, -0.25) is 14.4 Å². The van der Waals surface area contributed by atoms with Gasteiger partial charge in [-0.2, -0.15) is 0 Å². The summed E-state index contributed by atoms with van der Waals surface area (Å²) in [6.45, 7) is 12.2. The summed E-state index contributed by atoms with van der Waals surface area (Å²) in [7, 11) is 0. The monoisotopic (exact) mass is 502 g/mol. The summed E-state index contributed by atoms with van der Waals surface area (Å²) >= 11 is 0. The van der Waals surface area contributed by atoms with Crippen LogP contribution in [0, 0.1) is 24.7 Å². The van der Waals surface area contributed by atoms with E-state index < -0.39 is 0 Å². The Bertz CT molecular complexity index is 1130. The van der Waals surface area contributed by atoms with E-state index >= 15 is 0 Å². The Labute approximate surface area is 224 Å². The van der Waals surface area contributed by atoms with Crippen molar-refractivity contribution in [3.8, 4) is 11.1 Å². The lowest BCUT2D eigenvalue weighted by Crippen LogP contribution is -2.30. The van der Waals surface area contributed by atoms with E-state index in [-0.39, 0.29) is 41.5 Å². The molecule has 1 aliphatic rings. The third kappa shape index (κ3) is 6.86. The van der Waals surface area contributed by atoms with Gasteiger partial charge in [0.1, 0.15) is 11.6 Å². The average molecular weight is 503 g/mol. The second-order valence-corrected chi connectivity index (χ2v) is 11.2. The number of hydrogen-bond donors (Lipinski definition) is 0. The van der Waals surface area contributed by atoms with Crippen molar-refractivity contribution in [3.63, 3.8) is 0 Å². The maximum Gasteiger partial charge on any atom is 0.163 e. The maximum absolute atomic E-state index is 13.5. The molecule has 0 radical (unpaired) electrons. The van der Waals surface area contributed by atoms with Crippen LogP contribution in [0.4, 0.5) is 0 Å². The normalized spacial score (nSPS) is 16.8. The highest BCUT2D eigenvalue weighted by atomic mass is 16.1. The van der Waals surface area contributed by atoms with Crippen molar-refractivity contribution in [2.24, 2.45) is 17.8 Å². The van der Waals surface area contributed by atoms with Gasteiger partial charge >= 0.3 is 0 Å². The number of benzene rings is 2. The van der Waals surface area contributed by atoms with E-state index in [1.807, 2.05) is 0 Å². The zero-order valence-electron chi connectivity index (χ0n) is 23.9. The number of rotatable bonds is 13. The minimum absolute atomic E-state index is 0.0300. The van der Waals surface area contributed by atoms with Gasteiger partial charge in [0.15, 0.2) is 5.78 Å². The van der Waals surface area contributed by atoms with Gasteiger partial charge in [-0.05, 0) is 91.2 Å². The molecule has 0 heterocycles. The molecule has 3 rings (SSSR count). The van der Waals surface area contributed by atoms with E-state index in [4.69, 9.17) is 0 Å². The van der Waals surface area contributed by atoms with E-state index in [1.54, 1.807) is 0 Å². The number of carbonyl (C=O) groups excluding carboxylic acids is 3. The highest BCUT2D eigenvalue weighted by Gasteiger charge is 2.34. The molecule has 0 saturated carbocycles. The topological polar surface area (TPSA) is 51.2 Å². The summed E-state index contributed by atoms with van der Waals surface area (Å²) in [6, 6.07) is 11.1. The van der Waals surface area contributed by atoms with Crippen LogP contribution in [-0.4, -0.2) is 17.3 Å². The van der Waals surface area contributed by atoms with Crippen LogP contribution < -0.4 is 0 Å². The molecule has 3 atom stereocenters. The Morgan fingerprint density at radius 2 is 1.73 bits per heavy atom.